The highest BCUT2D eigenvalue weighted by Gasteiger charge is 2.13. The average molecular weight is 317 g/mol. The van der Waals surface area contributed by atoms with Crippen LogP contribution in [0.5, 0.6) is 0 Å². The van der Waals surface area contributed by atoms with E-state index >= 15 is 0 Å². The van der Waals surface area contributed by atoms with Crippen molar-refractivity contribution >= 4 is 27.5 Å². The summed E-state index contributed by atoms with van der Waals surface area (Å²) in [5.41, 5.74) is 1.18. The molecule has 18 heavy (non-hydrogen) atoms. The summed E-state index contributed by atoms with van der Waals surface area (Å²) in [5, 5.41) is 5.76. The van der Waals surface area contributed by atoms with Gasteiger partial charge in [0.2, 0.25) is 5.91 Å². The number of rotatable bonds is 3. The highest BCUT2D eigenvalue weighted by atomic mass is 79.9. The van der Waals surface area contributed by atoms with Crippen molar-refractivity contribution in [2.75, 3.05) is 11.9 Å². The Labute approximate surface area is 115 Å². The van der Waals surface area contributed by atoms with Crippen LogP contribution in [-0.2, 0) is 4.79 Å². The second kappa shape index (κ2) is 5.80. The first-order valence-corrected chi connectivity index (χ1v) is 6.49. The first-order valence-electron chi connectivity index (χ1n) is 5.69. The van der Waals surface area contributed by atoms with Crippen LogP contribution >= 0.6 is 15.9 Å². The van der Waals surface area contributed by atoms with E-state index in [4.69, 9.17) is 0 Å². The summed E-state index contributed by atoms with van der Waals surface area (Å²) in [6.07, 6.45) is 0. The lowest BCUT2D eigenvalue weighted by Crippen LogP contribution is -2.41. The van der Waals surface area contributed by atoms with Gasteiger partial charge in [0.1, 0.15) is 5.82 Å². The summed E-state index contributed by atoms with van der Waals surface area (Å²) in [4.78, 5) is 11.7. The molecule has 0 radical (unpaired) electrons. The number of benzene rings is 1. The van der Waals surface area contributed by atoms with E-state index in [-0.39, 0.29) is 23.8 Å². The Kier molecular flexibility index (Phi) is 4.87. The molecule has 5 heteroatoms. The van der Waals surface area contributed by atoms with Gasteiger partial charge in [-0.2, -0.15) is 0 Å². The minimum atomic E-state index is -0.389. The fourth-order valence-corrected chi connectivity index (χ4v) is 1.78. The molecule has 0 aliphatic rings. The molecule has 0 fully saturated rings. The molecule has 1 aromatic carbocycles. The number of halogens is 2. The summed E-state index contributed by atoms with van der Waals surface area (Å²) in [6, 6.07) is 2.95. The van der Waals surface area contributed by atoms with Gasteiger partial charge in [-0.05, 0) is 61.3 Å². The molecule has 2 N–H and O–H groups in total. The Hall–Kier alpha value is -0.940. The maximum absolute atomic E-state index is 13.4. The normalized spacial score (nSPS) is 11.4. The van der Waals surface area contributed by atoms with Gasteiger partial charge in [-0.15, -0.1) is 0 Å². The van der Waals surface area contributed by atoms with Crippen LogP contribution in [-0.4, -0.2) is 18.0 Å². The third-order valence-electron chi connectivity index (χ3n) is 2.32. The molecule has 3 nitrogen and oxygen atoms in total. The predicted molar refractivity (Wildman–Crippen MR) is 75.2 cm³/mol. The van der Waals surface area contributed by atoms with Gasteiger partial charge in [0.15, 0.2) is 0 Å². The summed E-state index contributed by atoms with van der Waals surface area (Å²) < 4.78 is 13.8. The lowest BCUT2D eigenvalue weighted by molar-refractivity contribution is -0.115. The second-order valence-electron chi connectivity index (χ2n) is 5.23. The number of anilines is 1. The number of carbonyl (C=O) groups excluding carboxylic acids is 1. The first-order chi connectivity index (χ1) is 8.19. The zero-order chi connectivity index (χ0) is 13.9. The molecule has 0 atom stereocenters. The van der Waals surface area contributed by atoms with Crippen molar-refractivity contribution in [1.82, 2.24) is 5.32 Å². The Morgan fingerprint density at radius 1 is 1.39 bits per heavy atom. The lowest BCUT2D eigenvalue weighted by atomic mass is 10.1. The van der Waals surface area contributed by atoms with Gasteiger partial charge in [0, 0.05) is 11.2 Å². The molecule has 0 saturated heterocycles. The molecule has 0 spiro atoms. The molecule has 1 rings (SSSR count). The molecule has 0 aliphatic heterocycles. The van der Waals surface area contributed by atoms with E-state index in [0.717, 1.165) is 5.56 Å². The number of amides is 1. The van der Waals surface area contributed by atoms with E-state index in [2.05, 4.69) is 26.6 Å². The van der Waals surface area contributed by atoms with Gasteiger partial charge < -0.3 is 10.6 Å². The minimum Gasteiger partial charge on any atom is -0.325 e. The molecular formula is C13H18BrFN2O. The maximum atomic E-state index is 13.4. The van der Waals surface area contributed by atoms with Gasteiger partial charge in [-0.1, -0.05) is 0 Å². The van der Waals surface area contributed by atoms with E-state index in [1.165, 1.54) is 6.07 Å². The monoisotopic (exact) mass is 316 g/mol. The molecule has 0 aromatic heterocycles. The van der Waals surface area contributed by atoms with Gasteiger partial charge >= 0.3 is 0 Å². The second-order valence-corrected chi connectivity index (χ2v) is 6.09. The van der Waals surface area contributed by atoms with Crippen molar-refractivity contribution < 1.29 is 9.18 Å². The average Bonchev–Trinajstić information content (AvgIpc) is 2.22. The van der Waals surface area contributed by atoms with Crippen molar-refractivity contribution in [3.05, 3.63) is 28.0 Å². The first kappa shape index (κ1) is 15.1. The summed E-state index contributed by atoms with van der Waals surface area (Å²) in [6.45, 7) is 7.94. The number of hydrogen-bond acceptors (Lipinski definition) is 2. The van der Waals surface area contributed by atoms with Crippen molar-refractivity contribution in [2.45, 2.75) is 33.2 Å². The summed E-state index contributed by atoms with van der Waals surface area (Å²) in [5.74, 6) is -0.575. The van der Waals surface area contributed by atoms with Crippen LogP contribution in [0.2, 0.25) is 0 Å². The van der Waals surface area contributed by atoms with E-state index in [1.54, 1.807) is 6.07 Å². The van der Waals surface area contributed by atoms with Gasteiger partial charge in [-0.25, -0.2) is 4.39 Å². The smallest absolute Gasteiger partial charge is 0.238 e. The molecule has 1 amide bonds. The fourth-order valence-electron chi connectivity index (χ4n) is 1.32. The highest BCUT2D eigenvalue weighted by Crippen LogP contribution is 2.23. The van der Waals surface area contributed by atoms with Gasteiger partial charge in [-0.3, -0.25) is 4.79 Å². The topological polar surface area (TPSA) is 41.1 Å². The maximum Gasteiger partial charge on any atom is 0.238 e. The standard InChI is InChI=1S/C13H18BrFN2O/c1-8-5-9(14)10(15)6-11(8)17-12(18)7-16-13(2,3)4/h5-6,16H,7H2,1-4H3,(H,17,18). The van der Waals surface area contributed by atoms with E-state index in [0.29, 0.717) is 10.2 Å². The van der Waals surface area contributed by atoms with E-state index in [1.807, 2.05) is 27.7 Å². The van der Waals surface area contributed by atoms with Crippen LogP contribution in [0.25, 0.3) is 0 Å². The summed E-state index contributed by atoms with van der Waals surface area (Å²) in [7, 11) is 0. The quantitative estimate of drug-likeness (QED) is 0.899. The van der Waals surface area contributed by atoms with Crippen LogP contribution in [0.3, 0.4) is 0 Å². The van der Waals surface area contributed by atoms with Crippen LogP contribution in [0, 0.1) is 12.7 Å². The lowest BCUT2D eigenvalue weighted by Gasteiger charge is -2.20. The molecular weight excluding hydrogens is 299 g/mol. The summed E-state index contributed by atoms with van der Waals surface area (Å²) >= 11 is 3.10. The van der Waals surface area contributed by atoms with Crippen LogP contribution in [0.1, 0.15) is 26.3 Å². The Balaban J connectivity index is 2.68. The van der Waals surface area contributed by atoms with Crippen molar-refractivity contribution in [1.29, 1.82) is 0 Å². The zero-order valence-electron chi connectivity index (χ0n) is 11.0. The molecule has 0 heterocycles. The largest absolute Gasteiger partial charge is 0.325 e. The Bertz CT molecular complexity index is 455. The fraction of sp³-hybridized carbons (Fsp3) is 0.462. The van der Waals surface area contributed by atoms with Crippen molar-refractivity contribution in [2.24, 2.45) is 0 Å². The third kappa shape index (κ3) is 4.74. The SMILES string of the molecule is Cc1cc(Br)c(F)cc1NC(=O)CNC(C)(C)C. The molecule has 0 aliphatic carbocycles. The van der Waals surface area contributed by atoms with Gasteiger partial charge in [0.05, 0.1) is 11.0 Å². The molecule has 1 aromatic rings. The molecule has 0 unspecified atom stereocenters. The number of nitrogens with one attached hydrogen (secondary N) is 2. The van der Waals surface area contributed by atoms with Crippen LogP contribution < -0.4 is 10.6 Å². The highest BCUT2D eigenvalue weighted by molar-refractivity contribution is 9.10. The number of carbonyl (C=O) groups is 1. The van der Waals surface area contributed by atoms with Gasteiger partial charge in [0.25, 0.3) is 0 Å². The van der Waals surface area contributed by atoms with Crippen LogP contribution in [0.4, 0.5) is 10.1 Å². The van der Waals surface area contributed by atoms with E-state index < -0.39 is 0 Å². The predicted octanol–water partition coefficient (Wildman–Crippen LogP) is 3.22. The van der Waals surface area contributed by atoms with Crippen LogP contribution in [0.15, 0.2) is 16.6 Å². The minimum absolute atomic E-state index is 0.128. The molecule has 0 saturated carbocycles. The zero-order valence-corrected chi connectivity index (χ0v) is 12.6. The molecule has 0 bridgehead atoms. The van der Waals surface area contributed by atoms with Crippen molar-refractivity contribution in [3.8, 4) is 0 Å². The van der Waals surface area contributed by atoms with E-state index in [9.17, 15) is 9.18 Å². The molecule has 100 valence electrons. The number of hydrogen-bond donors (Lipinski definition) is 2. The van der Waals surface area contributed by atoms with Crippen molar-refractivity contribution in [3.63, 3.8) is 0 Å². The Morgan fingerprint density at radius 2 is 2.00 bits per heavy atom. The Morgan fingerprint density at radius 3 is 2.56 bits per heavy atom. The number of aryl methyl sites for hydroxylation is 1. The third-order valence-corrected chi connectivity index (χ3v) is 2.93.